The van der Waals surface area contributed by atoms with Gasteiger partial charge in [-0.25, -0.2) is 4.98 Å². The summed E-state index contributed by atoms with van der Waals surface area (Å²) < 4.78 is 0. The molecule has 1 N–H and O–H groups in total. The summed E-state index contributed by atoms with van der Waals surface area (Å²) in [6, 6.07) is 0.635. The zero-order valence-corrected chi connectivity index (χ0v) is 11.5. The molecule has 3 heteroatoms. The van der Waals surface area contributed by atoms with Crippen LogP contribution in [0.25, 0.3) is 0 Å². The lowest BCUT2D eigenvalue weighted by Gasteiger charge is -2.32. The predicted octanol–water partition coefficient (Wildman–Crippen LogP) is 4.00. The number of hydrogen-bond donors (Lipinski definition) is 1. The molecule has 1 heterocycles. The number of thiazole rings is 1. The lowest BCUT2D eigenvalue weighted by Crippen LogP contribution is -2.30. The van der Waals surface area contributed by atoms with E-state index in [1.807, 2.05) is 0 Å². The van der Waals surface area contributed by atoms with E-state index in [9.17, 15) is 0 Å². The van der Waals surface area contributed by atoms with Crippen molar-refractivity contribution in [1.29, 1.82) is 0 Å². The largest absolute Gasteiger partial charge is 0.359 e. The minimum absolute atomic E-state index is 0.635. The monoisotopic (exact) mass is 238 g/mol. The molecule has 1 saturated carbocycles. The molecule has 0 bridgehead atoms. The van der Waals surface area contributed by atoms with E-state index in [-0.39, 0.29) is 0 Å². The van der Waals surface area contributed by atoms with Crippen LogP contribution in [0.5, 0.6) is 0 Å². The van der Waals surface area contributed by atoms with Gasteiger partial charge in [0, 0.05) is 10.9 Å². The third kappa shape index (κ3) is 2.57. The molecule has 1 aromatic heterocycles. The number of aryl methyl sites for hydroxylation is 2. The number of anilines is 1. The average Bonchev–Trinajstić information content (AvgIpc) is 2.52. The molecule has 90 valence electrons. The van der Waals surface area contributed by atoms with Crippen LogP contribution in [0.3, 0.4) is 0 Å². The van der Waals surface area contributed by atoms with E-state index in [4.69, 9.17) is 0 Å². The molecule has 3 unspecified atom stereocenters. The molecule has 1 aliphatic carbocycles. The van der Waals surface area contributed by atoms with Gasteiger partial charge in [0.05, 0.1) is 5.69 Å². The normalized spacial score (nSPS) is 30.4. The Labute approximate surface area is 102 Å². The van der Waals surface area contributed by atoms with E-state index >= 15 is 0 Å². The highest BCUT2D eigenvalue weighted by Crippen LogP contribution is 2.32. The number of rotatable bonds is 2. The topological polar surface area (TPSA) is 24.9 Å². The third-order valence-electron chi connectivity index (χ3n) is 3.95. The van der Waals surface area contributed by atoms with Crippen LogP contribution in [-0.2, 0) is 0 Å². The molecular weight excluding hydrogens is 216 g/mol. The molecule has 0 aliphatic heterocycles. The van der Waals surface area contributed by atoms with Crippen LogP contribution in [0.15, 0.2) is 0 Å². The van der Waals surface area contributed by atoms with Crippen LogP contribution in [0, 0.1) is 25.7 Å². The van der Waals surface area contributed by atoms with Crippen molar-refractivity contribution < 1.29 is 0 Å². The Morgan fingerprint density at radius 1 is 1.19 bits per heavy atom. The number of aromatic nitrogens is 1. The van der Waals surface area contributed by atoms with Gasteiger partial charge in [-0.2, -0.15) is 0 Å². The minimum Gasteiger partial charge on any atom is -0.359 e. The zero-order chi connectivity index (χ0) is 11.7. The van der Waals surface area contributed by atoms with Gasteiger partial charge in [-0.3, -0.25) is 0 Å². The summed E-state index contributed by atoms with van der Waals surface area (Å²) >= 11 is 1.79. The molecule has 1 fully saturated rings. The first-order valence-corrected chi connectivity index (χ1v) is 7.08. The molecule has 0 spiro atoms. The lowest BCUT2D eigenvalue weighted by molar-refractivity contribution is 0.261. The van der Waals surface area contributed by atoms with Crippen molar-refractivity contribution in [2.24, 2.45) is 11.8 Å². The van der Waals surface area contributed by atoms with Crippen molar-refractivity contribution in [2.45, 2.75) is 53.0 Å². The van der Waals surface area contributed by atoms with E-state index < -0.39 is 0 Å². The fraction of sp³-hybridized carbons (Fsp3) is 0.769. The molecule has 2 nitrogen and oxygen atoms in total. The number of nitrogens with one attached hydrogen (secondary N) is 1. The van der Waals surface area contributed by atoms with Gasteiger partial charge in [-0.05, 0) is 44.9 Å². The Balaban J connectivity index is 1.95. The van der Waals surface area contributed by atoms with Crippen LogP contribution in [0.2, 0.25) is 0 Å². The molecule has 0 amide bonds. The van der Waals surface area contributed by atoms with Crippen molar-refractivity contribution >= 4 is 16.5 Å². The summed E-state index contributed by atoms with van der Waals surface area (Å²) in [5.74, 6) is 1.73. The smallest absolute Gasteiger partial charge is 0.183 e. The first-order valence-electron chi connectivity index (χ1n) is 6.27. The van der Waals surface area contributed by atoms with Crippen LogP contribution >= 0.6 is 11.3 Å². The summed E-state index contributed by atoms with van der Waals surface area (Å²) in [7, 11) is 0. The summed E-state index contributed by atoms with van der Waals surface area (Å²) in [5, 5.41) is 4.71. The van der Waals surface area contributed by atoms with Gasteiger partial charge in [0.15, 0.2) is 5.13 Å². The van der Waals surface area contributed by atoms with Crippen molar-refractivity contribution in [3.05, 3.63) is 10.6 Å². The molecule has 0 radical (unpaired) electrons. The molecule has 0 saturated heterocycles. The van der Waals surface area contributed by atoms with Crippen molar-refractivity contribution in [2.75, 3.05) is 5.32 Å². The number of hydrogen-bond acceptors (Lipinski definition) is 3. The SMILES string of the molecule is Cc1nc(NC2CCC(C)C(C)C2)sc1C. The van der Waals surface area contributed by atoms with Gasteiger partial charge in [0.1, 0.15) is 0 Å². The Morgan fingerprint density at radius 2 is 1.94 bits per heavy atom. The Kier molecular flexibility index (Phi) is 3.53. The first-order chi connectivity index (χ1) is 7.56. The molecular formula is C13H22N2S. The second-order valence-corrected chi connectivity index (χ2v) is 6.47. The zero-order valence-electron chi connectivity index (χ0n) is 10.7. The van der Waals surface area contributed by atoms with Crippen molar-refractivity contribution in [3.63, 3.8) is 0 Å². The van der Waals surface area contributed by atoms with Crippen molar-refractivity contribution in [1.82, 2.24) is 4.98 Å². The van der Waals surface area contributed by atoms with Crippen LogP contribution in [0.1, 0.15) is 43.7 Å². The maximum atomic E-state index is 4.56. The predicted molar refractivity (Wildman–Crippen MR) is 71.2 cm³/mol. The minimum atomic E-state index is 0.635. The van der Waals surface area contributed by atoms with Crippen LogP contribution < -0.4 is 5.32 Å². The van der Waals surface area contributed by atoms with Crippen LogP contribution in [0.4, 0.5) is 5.13 Å². The Morgan fingerprint density at radius 3 is 2.50 bits per heavy atom. The van der Waals surface area contributed by atoms with E-state index in [2.05, 4.69) is 38.0 Å². The molecule has 3 atom stereocenters. The molecule has 1 aromatic rings. The van der Waals surface area contributed by atoms with Gasteiger partial charge in [-0.15, -0.1) is 11.3 Å². The lowest BCUT2D eigenvalue weighted by atomic mass is 9.79. The molecule has 0 aromatic carbocycles. The van der Waals surface area contributed by atoms with Gasteiger partial charge in [0.2, 0.25) is 0 Å². The van der Waals surface area contributed by atoms with E-state index in [0.717, 1.165) is 17.0 Å². The summed E-state index contributed by atoms with van der Waals surface area (Å²) in [5.41, 5.74) is 1.17. The van der Waals surface area contributed by atoms with Crippen molar-refractivity contribution in [3.8, 4) is 0 Å². The maximum absolute atomic E-state index is 4.56. The number of nitrogens with zero attached hydrogens (tertiary/aromatic N) is 1. The average molecular weight is 238 g/mol. The van der Waals surface area contributed by atoms with E-state index in [1.165, 1.54) is 29.8 Å². The van der Waals surface area contributed by atoms with Gasteiger partial charge in [0.25, 0.3) is 0 Å². The highest BCUT2D eigenvalue weighted by Gasteiger charge is 2.24. The quantitative estimate of drug-likeness (QED) is 0.842. The van der Waals surface area contributed by atoms with Gasteiger partial charge >= 0.3 is 0 Å². The fourth-order valence-electron chi connectivity index (χ4n) is 2.39. The standard InChI is InChI=1S/C13H22N2S/c1-8-5-6-12(7-9(8)2)15-13-14-10(3)11(4)16-13/h8-9,12H,5-7H2,1-4H3,(H,14,15). The Hall–Kier alpha value is -0.570. The highest BCUT2D eigenvalue weighted by molar-refractivity contribution is 7.15. The summed E-state index contributed by atoms with van der Waals surface area (Å²) in [6.45, 7) is 8.97. The first kappa shape index (κ1) is 11.9. The summed E-state index contributed by atoms with van der Waals surface area (Å²) in [4.78, 5) is 5.89. The highest BCUT2D eigenvalue weighted by atomic mass is 32.1. The summed E-state index contributed by atoms with van der Waals surface area (Å²) in [6.07, 6.45) is 3.93. The maximum Gasteiger partial charge on any atom is 0.183 e. The molecule has 2 rings (SSSR count). The van der Waals surface area contributed by atoms with E-state index in [1.54, 1.807) is 11.3 Å². The van der Waals surface area contributed by atoms with E-state index in [0.29, 0.717) is 6.04 Å². The van der Waals surface area contributed by atoms with Gasteiger partial charge in [-0.1, -0.05) is 13.8 Å². The second kappa shape index (κ2) is 4.74. The fourth-order valence-corrected chi connectivity index (χ4v) is 3.28. The molecule has 1 aliphatic rings. The van der Waals surface area contributed by atoms with Crippen LogP contribution in [-0.4, -0.2) is 11.0 Å². The molecule has 16 heavy (non-hydrogen) atoms. The second-order valence-electron chi connectivity index (χ2n) is 5.27. The third-order valence-corrected chi connectivity index (χ3v) is 4.96. The Bertz CT molecular complexity index is 339. The van der Waals surface area contributed by atoms with Gasteiger partial charge < -0.3 is 5.32 Å².